The maximum atomic E-state index is 12.7. The molecule has 2 aromatic carbocycles. The number of anilines is 2. The second-order valence-corrected chi connectivity index (χ2v) is 7.49. The number of hydrogen-bond acceptors (Lipinski definition) is 6. The Balaban J connectivity index is 1.95. The molecule has 0 aliphatic carbocycles. The molecule has 0 saturated carbocycles. The van der Waals surface area contributed by atoms with Crippen LogP contribution in [-0.2, 0) is 11.2 Å². The van der Waals surface area contributed by atoms with Crippen LogP contribution in [0.1, 0.15) is 19.4 Å². The van der Waals surface area contributed by atoms with Gasteiger partial charge in [0.1, 0.15) is 13.2 Å². The summed E-state index contributed by atoms with van der Waals surface area (Å²) in [6.07, 6.45) is 0.129. The molecular formula is C23H30N4O5. The van der Waals surface area contributed by atoms with Crippen molar-refractivity contribution < 1.29 is 24.2 Å². The van der Waals surface area contributed by atoms with Gasteiger partial charge in [0.25, 0.3) is 0 Å². The zero-order valence-electron chi connectivity index (χ0n) is 18.6. The van der Waals surface area contributed by atoms with E-state index in [0.29, 0.717) is 42.6 Å². The van der Waals surface area contributed by atoms with Crippen molar-refractivity contribution in [3.05, 3.63) is 48.0 Å². The fraction of sp³-hybridized carbons (Fsp3) is 0.391. The number of benzene rings is 2. The molecule has 0 aromatic heterocycles. The van der Waals surface area contributed by atoms with Gasteiger partial charge in [0.2, 0.25) is 5.91 Å². The monoisotopic (exact) mass is 442 g/mol. The Morgan fingerprint density at radius 3 is 2.50 bits per heavy atom. The number of amides is 3. The first-order valence-electron chi connectivity index (χ1n) is 10.6. The molecular weight excluding hydrogens is 412 g/mol. The van der Waals surface area contributed by atoms with E-state index in [4.69, 9.17) is 9.47 Å². The lowest BCUT2D eigenvalue weighted by Gasteiger charge is -2.40. The molecule has 0 radical (unpaired) electrons. The molecule has 1 aliphatic rings. The average molecular weight is 443 g/mol. The highest BCUT2D eigenvalue weighted by atomic mass is 16.6. The standard InChI is InChI=1S/C23H30N4O5/c1-4-25-15-23(30,14-17-6-5-7-20-21(17)32-13-12-31-20)27(16(2)28)19-10-8-18(9-11-19)26-22(29)24-3/h5-11,25,30H,4,12-15H2,1-3H3,(H2,24,26,29). The van der Waals surface area contributed by atoms with E-state index in [-0.39, 0.29) is 24.9 Å². The molecule has 32 heavy (non-hydrogen) atoms. The van der Waals surface area contributed by atoms with E-state index in [2.05, 4.69) is 16.0 Å². The van der Waals surface area contributed by atoms with Crippen LogP contribution in [0.2, 0.25) is 0 Å². The lowest BCUT2D eigenvalue weighted by Crippen LogP contribution is -2.58. The number of urea groups is 1. The smallest absolute Gasteiger partial charge is 0.318 e. The van der Waals surface area contributed by atoms with Crippen LogP contribution in [0.25, 0.3) is 0 Å². The number of hydrogen-bond donors (Lipinski definition) is 4. The second kappa shape index (κ2) is 10.3. The molecule has 0 saturated heterocycles. The van der Waals surface area contributed by atoms with E-state index in [9.17, 15) is 14.7 Å². The first kappa shape index (κ1) is 23.4. The number of carbonyl (C=O) groups excluding carboxylic acids is 2. The number of ether oxygens (including phenoxy) is 2. The minimum absolute atomic E-state index is 0.129. The number of para-hydroxylation sites is 1. The van der Waals surface area contributed by atoms with Crippen molar-refractivity contribution in [2.45, 2.75) is 26.0 Å². The first-order valence-corrected chi connectivity index (χ1v) is 10.6. The lowest BCUT2D eigenvalue weighted by molar-refractivity contribution is -0.121. The van der Waals surface area contributed by atoms with Gasteiger partial charge >= 0.3 is 6.03 Å². The molecule has 1 aliphatic heterocycles. The van der Waals surface area contributed by atoms with Crippen LogP contribution in [-0.4, -0.2) is 56.1 Å². The van der Waals surface area contributed by atoms with Crippen molar-refractivity contribution in [1.82, 2.24) is 10.6 Å². The van der Waals surface area contributed by atoms with E-state index >= 15 is 0 Å². The van der Waals surface area contributed by atoms with Gasteiger partial charge in [0.05, 0.1) is 0 Å². The van der Waals surface area contributed by atoms with E-state index in [1.165, 1.54) is 18.9 Å². The maximum Gasteiger partial charge on any atom is 0.318 e. The number of rotatable bonds is 8. The van der Waals surface area contributed by atoms with Gasteiger partial charge in [-0.15, -0.1) is 0 Å². The third-order valence-electron chi connectivity index (χ3n) is 5.12. The van der Waals surface area contributed by atoms with Crippen molar-refractivity contribution in [2.75, 3.05) is 43.6 Å². The average Bonchev–Trinajstić information content (AvgIpc) is 2.79. The summed E-state index contributed by atoms with van der Waals surface area (Å²) >= 11 is 0. The number of carbonyl (C=O) groups is 2. The largest absolute Gasteiger partial charge is 0.486 e. The molecule has 0 fully saturated rings. The van der Waals surface area contributed by atoms with Crippen molar-refractivity contribution in [3.63, 3.8) is 0 Å². The van der Waals surface area contributed by atoms with Gasteiger partial charge in [-0.2, -0.15) is 0 Å². The summed E-state index contributed by atoms with van der Waals surface area (Å²) in [5.74, 6) is 0.889. The van der Waals surface area contributed by atoms with Crippen LogP contribution in [0.15, 0.2) is 42.5 Å². The van der Waals surface area contributed by atoms with Crippen molar-refractivity contribution in [2.24, 2.45) is 0 Å². The summed E-state index contributed by atoms with van der Waals surface area (Å²) in [7, 11) is 1.53. The second-order valence-electron chi connectivity index (χ2n) is 7.49. The molecule has 2 aromatic rings. The third-order valence-corrected chi connectivity index (χ3v) is 5.12. The Bertz CT molecular complexity index is 950. The zero-order chi connectivity index (χ0) is 23.1. The Morgan fingerprint density at radius 2 is 1.84 bits per heavy atom. The molecule has 1 unspecified atom stereocenters. The summed E-state index contributed by atoms with van der Waals surface area (Å²) in [6.45, 7) is 4.99. The molecule has 3 rings (SSSR count). The summed E-state index contributed by atoms with van der Waals surface area (Å²) in [5.41, 5.74) is 0.233. The minimum atomic E-state index is -1.58. The van der Waals surface area contributed by atoms with Crippen LogP contribution < -0.4 is 30.3 Å². The molecule has 172 valence electrons. The number of fused-ring (bicyclic) bond motifs is 1. The van der Waals surface area contributed by atoms with Crippen LogP contribution in [0.4, 0.5) is 16.2 Å². The van der Waals surface area contributed by atoms with Crippen LogP contribution in [0, 0.1) is 0 Å². The highest BCUT2D eigenvalue weighted by Gasteiger charge is 2.38. The molecule has 9 nitrogen and oxygen atoms in total. The topological polar surface area (TPSA) is 112 Å². The van der Waals surface area contributed by atoms with E-state index in [0.717, 1.165) is 5.56 Å². The molecule has 1 atom stereocenters. The van der Waals surface area contributed by atoms with Gasteiger partial charge in [-0.1, -0.05) is 19.1 Å². The molecule has 0 spiro atoms. The molecule has 9 heteroatoms. The third kappa shape index (κ3) is 5.30. The predicted molar refractivity (Wildman–Crippen MR) is 122 cm³/mol. The number of nitrogens with zero attached hydrogens (tertiary/aromatic N) is 1. The van der Waals surface area contributed by atoms with Gasteiger partial charge in [-0.05, 0) is 36.9 Å². The van der Waals surface area contributed by atoms with Crippen LogP contribution in [0.3, 0.4) is 0 Å². The predicted octanol–water partition coefficient (Wildman–Crippen LogP) is 2.10. The van der Waals surface area contributed by atoms with Crippen molar-refractivity contribution in [1.29, 1.82) is 0 Å². The molecule has 0 bridgehead atoms. The Kier molecular flexibility index (Phi) is 7.55. The maximum absolute atomic E-state index is 12.7. The highest BCUT2D eigenvalue weighted by Crippen LogP contribution is 2.37. The van der Waals surface area contributed by atoms with E-state index in [1.54, 1.807) is 24.3 Å². The van der Waals surface area contributed by atoms with Crippen LogP contribution in [0.5, 0.6) is 11.5 Å². The SMILES string of the molecule is CCNCC(O)(Cc1cccc2c1OCCO2)N(C(C)=O)c1ccc(NC(=O)NC)cc1. The lowest BCUT2D eigenvalue weighted by atomic mass is 9.98. The quantitative estimate of drug-likeness (QED) is 0.466. The molecule has 1 heterocycles. The Morgan fingerprint density at radius 1 is 1.12 bits per heavy atom. The van der Waals surface area contributed by atoms with Crippen LogP contribution >= 0.6 is 0 Å². The van der Waals surface area contributed by atoms with Gasteiger partial charge in [-0.3, -0.25) is 9.69 Å². The number of likely N-dealkylation sites (N-methyl/N-ethyl adjacent to an activating group) is 1. The molecule has 4 N–H and O–H groups in total. The highest BCUT2D eigenvalue weighted by molar-refractivity contribution is 5.94. The zero-order valence-corrected chi connectivity index (χ0v) is 18.6. The van der Waals surface area contributed by atoms with E-state index < -0.39 is 5.72 Å². The van der Waals surface area contributed by atoms with Crippen molar-refractivity contribution >= 4 is 23.3 Å². The van der Waals surface area contributed by atoms with E-state index in [1.807, 2.05) is 25.1 Å². The number of aliphatic hydroxyl groups is 1. The van der Waals surface area contributed by atoms with Gasteiger partial charge < -0.3 is 30.5 Å². The summed E-state index contributed by atoms with van der Waals surface area (Å²) in [4.78, 5) is 25.7. The summed E-state index contributed by atoms with van der Waals surface area (Å²) in [6, 6.07) is 11.9. The minimum Gasteiger partial charge on any atom is -0.486 e. The summed E-state index contributed by atoms with van der Waals surface area (Å²) in [5, 5.41) is 20.1. The van der Waals surface area contributed by atoms with Gasteiger partial charge in [-0.25, -0.2) is 4.79 Å². The fourth-order valence-electron chi connectivity index (χ4n) is 3.73. The Labute approximate surface area is 187 Å². The number of nitrogens with one attached hydrogen (secondary N) is 3. The first-order chi connectivity index (χ1) is 15.4. The van der Waals surface area contributed by atoms with Crippen molar-refractivity contribution in [3.8, 4) is 11.5 Å². The molecule has 3 amide bonds. The normalized spacial score (nSPS) is 14.2. The van der Waals surface area contributed by atoms with Gasteiger partial charge in [0, 0.05) is 43.9 Å². The Hall–Kier alpha value is -3.30. The fourth-order valence-corrected chi connectivity index (χ4v) is 3.73. The summed E-state index contributed by atoms with van der Waals surface area (Å²) < 4.78 is 11.5. The van der Waals surface area contributed by atoms with Gasteiger partial charge in [0.15, 0.2) is 17.2 Å².